The molecule has 0 saturated carbocycles. The van der Waals surface area contributed by atoms with Crippen LogP contribution in [0.5, 0.6) is 0 Å². The average Bonchev–Trinajstić information content (AvgIpc) is 3.21. The summed E-state index contributed by atoms with van der Waals surface area (Å²) in [5.74, 6) is -1.09. The second-order valence-corrected chi connectivity index (χ2v) is 8.41. The van der Waals surface area contributed by atoms with Gasteiger partial charge in [-0.15, -0.1) is 0 Å². The van der Waals surface area contributed by atoms with Gasteiger partial charge in [-0.25, -0.2) is 4.90 Å². The Morgan fingerprint density at radius 1 is 1.14 bits per heavy atom. The van der Waals surface area contributed by atoms with Crippen molar-refractivity contribution < 1.29 is 14.3 Å². The van der Waals surface area contributed by atoms with Crippen molar-refractivity contribution in [2.24, 2.45) is 5.92 Å². The zero-order chi connectivity index (χ0) is 19.9. The van der Waals surface area contributed by atoms with Gasteiger partial charge in [0, 0.05) is 10.8 Å². The molecular weight excluding hydrogens is 354 g/mol. The maximum absolute atomic E-state index is 13.8. The van der Waals surface area contributed by atoms with Gasteiger partial charge in [0.05, 0.1) is 34.4 Å². The Morgan fingerprint density at radius 2 is 1.86 bits per heavy atom. The SMILES string of the molecule is CN[C@@]12C(=O)N(c3ccc(C#N)c4ccccc34)C(=O)C1C1(C)CCC2(C)O1. The van der Waals surface area contributed by atoms with E-state index in [1.54, 1.807) is 19.2 Å². The van der Waals surface area contributed by atoms with Gasteiger partial charge in [0.25, 0.3) is 5.91 Å². The zero-order valence-corrected chi connectivity index (χ0v) is 16.1. The first kappa shape index (κ1) is 17.4. The molecule has 5 rings (SSSR count). The second-order valence-electron chi connectivity index (χ2n) is 8.41. The fourth-order valence-electron chi connectivity index (χ4n) is 5.87. The molecule has 3 saturated heterocycles. The first-order chi connectivity index (χ1) is 13.3. The van der Waals surface area contributed by atoms with Gasteiger partial charge < -0.3 is 10.1 Å². The third-order valence-electron chi connectivity index (χ3n) is 7.10. The molecule has 3 heterocycles. The van der Waals surface area contributed by atoms with Gasteiger partial charge in [-0.05, 0) is 45.9 Å². The molecule has 6 nitrogen and oxygen atoms in total. The zero-order valence-electron chi connectivity index (χ0n) is 16.1. The number of amides is 2. The predicted octanol–water partition coefficient (Wildman–Crippen LogP) is 2.50. The smallest absolute Gasteiger partial charge is 0.258 e. The van der Waals surface area contributed by atoms with Crippen molar-refractivity contribution in [1.29, 1.82) is 5.26 Å². The summed E-state index contributed by atoms with van der Waals surface area (Å²) >= 11 is 0. The van der Waals surface area contributed by atoms with E-state index in [-0.39, 0.29) is 11.8 Å². The lowest BCUT2D eigenvalue weighted by molar-refractivity contribution is -0.131. The first-order valence-corrected chi connectivity index (χ1v) is 9.52. The molecule has 2 bridgehead atoms. The number of fused-ring (bicyclic) bond motifs is 6. The molecule has 6 heteroatoms. The molecule has 3 unspecified atom stereocenters. The molecule has 28 heavy (non-hydrogen) atoms. The highest BCUT2D eigenvalue weighted by Crippen LogP contribution is 2.63. The third kappa shape index (κ3) is 1.70. The summed E-state index contributed by atoms with van der Waals surface area (Å²) < 4.78 is 6.28. The summed E-state index contributed by atoms with van der Waals surface area (Å²) in [4.78, 5) is 28.7. The lowest BCUT2D eigenvalue weighted by atomic mass is 9.63. The molecule has 3 aliphatic rings. The molecule has 0 aliphatic carbocycles. The topological polar surface area (TPSA) is 82.4 Å². The normalized spacial score (nSPS) is 36.2. The number of carbonyl (C=O) groups is 2. The van der Waals surface area contributed by atoms with Gasteiger partial charge in [0.1, 0.15) is 5.54 Å². The van der Waals surface area contributed by atoms with Gasteiger partial charge in [0.2, 0.25) is 5.91 Å². The number of imide groups is 1. The van der Waals surface area contributed by atoms with Gasteiger partial charge in [-0.1, -0.05) is 24.3 Å². The maximum Gasteiger partial charge on any atom is 0.258 e. The Kier molecular flexibility index (Phi) is 3.22. The summed E-state index contributed by atoms with van der Waals surface area (Å²) in [6.45, 7) is 3.87. The fraction of sp³-hybridized carbons (Fsp3) is 0.409. The Labute approximate surface area is 163 Å². The van der Waals surface area contributed by atoms with Crippen molar-refractivity contribution in [3.63, 3.8) is 0 Å². The Balaban J connectivity index is 1.75. The van der Waals surface area contributed by atoms with Crippen molar-refractivity contribution >= 4 is 28.3 Å². The van der Waals surface area contributed by atoms with Crippen LogP contribution in [0.3, 0.4) is 0 Å². The van der Waals surface area contributed by atoms with E-state index in [1.807, 2.05) is 38.1 Å². The van der Waals surface area contributed by atoms with Crippen LogP contribution in [0.25, 0.3) is 10.8 Å². The molecule has 3 aliphatic heterocycles. The van der Waals surface area contributed by atoms with Crippen LogP contribution in [-0.2, 0) is 14.3 Å². The lowest BCUT2D eigenvalue weighted by Gasteiger charge is -2.40. The number of ether oxygens (including phenoxy) is 1. The first-order valence-electron chi connectivity index (χ1n) is 9.52. The number of likely N-dealkylation sites (N-methyl/N-ethyl adjacent to an activating group) is 1. The van der Waals surface area contributed by atoms with Crippen LogP contribution in [0.15, 0.2) is 36.4 Å². The number of hydrogen-bond donors (Lipinski definition) is 1. The Bertz CT molecular complexity index is 1110. The van der Waals surface area contributed by atoms with Crippen molar-refractivity contribution in [2.75, 3.05) is 11.9 Å². The van der Waals surface area contributed by atoms with E-state index in [0.29, 0.717) is 11.3 Å². The monoisotopic (exact) mass is 375 g/mol. The second kappa shape index (κ2) is 5.19. The van der Waals surface area contributed by atoms with Crippen LogP contribution in [-0.4, -0.2) is 35.6 Å². The van der Waals surface area contributed by atoms with Gasteiger partial charge in [-0.3, -0.25) is 9.59 Å². The summed E-state index contributed by atoms with van der Waals surface area (Å²) in [7, 11) is 1.73. The number of benzene rings is 2. The molecule has 1 N–H and O–H groups in total. The van der Waals surface area contributed by atoms with Crippen LogP contribution in [0, 0.1) is 17.2 Å². The summed E-state index contributed by atoms with van der Waals surface area (Å²) in [6, 6.07) is 12.9. The number of nitrogens with zero attached hydrogens (tertiary/aromatic N) is 2. The number of nitriles is 1. The van der Waals surface area contributed by atoms with Gasteiger partial charge in [0.15, 0.2) is 0 Å². The predicted molar refractivity (Wildman–Crippen MR) is 104 cm³/mol. The van der Waals surface area contributed by atoms with E-state index < -0.39 is 22.7 Å². The number of anilines is 1. The van der Waals surface area contributed by atoms with E-state index in [4.69, 9.17) is 4.74 Å². The van der Waals surface area contributed by atoms with Crippen molar-refractivity contribution in [2.45, 2.75) is 43.4 Å². The van der Waals surface area contributed by atoms with Crippen LogP contribution in [0.4, 0.5) is 5.69 Å². The van der Waals surface area contributed by atoms with Crippen LogP contribution < -0.4 is 10.2 Å². The number of rotatable bonds is 2. The standard InChI is InChI=1S/C22H21N3O3/c1-20-10-11-21(2,28-20)22(24-3)17(20)18(26)25(19(22)27)16-9-8-13(12-23)14-6-4-5-7-15(14)16/h4-9,17,24H,10-11H2,1-3H3/t17?,20?,21?,22-/m1/s1. The van der Waals surface area contributed by atoms with E-state index >= 15 is 0 Å². The third-order valence-corrected chi connectivity index (χ3v) is 7.10. The molecule has 0 aromatic heterocycles. The molecule has 2 aromatic carbocycles. The number of nitrogens with one attached hydrogen (secondary N) is 1. The minimum Gasteiger partial charge on any atom is -0.366 e. The van der Waals surface area contributed by atoms with Crippen LogP contribution >= 0.6 is 0 Å². The highest BCUT2D eigenvalue weighted by atomic mass is 16.5. The molecule has 142 valence electrons. The fourth-order valence-corrected chi connectivity index (χ4v) is 5.87. The summed E-state index contributed by atoms with van der Waals surface area (Å²) in [5, 5.41) is 14.1. The van der Waals surface area contributed by atoms with Crippen molar-refractivity contribution in [3.05, 3.63) is 42.0 Å². The van der Waals surface area contributed by atoms with Crippen LogP contribution in [0.1, 0.15) is 32.3 Å². The summed E-state index contributed by atoms with van der Waals surface area (Å²) in [6.07, 6.45) is 1.47. The molecule has 0 spiro atoms. The highest BCUT2D eigenvalue weighted by Gasteiger charge is 2.81. The number of carbonyl (C=O) groups excluding carboxylic acids is 2. The molecule has 2 amide bonds. The Hall–Kier alpha value is -2.75. The lowest BCUT2D eigenvalue weighted by Crippen LogP contribution is -2.66. The largest absolute Gasteiger partial charge is 0.366 e. The highest BCUT2D eigenvalue weighted by molar-refractivity contribution is 6.29. The van der Waals surface area contributed by atoms with Gasteiger partial charge >= 0.3 is 0 Å². The van der Waals surface area contributed by atoms with E-state index in [1.165, 1.54) is 4.90 Å². The Morgan fingerprint density at radius 3 is 2.50 bits per heavy atom. The van der Waals surface area contributed by atoms with Crippen LogP contribution in [0.2, 0.25) is 0 Å². The van der Waals surface area contributed by atoms with Gasteiger partial charge in [-0.2, -0.15) is 5.26 Å². The minimum atomic E-state index is -1.08. The van der Waals surface area contributed by atoms with Crippen molar-refractivity contribution in [1.82, 2.24) is 5.32 Å². The average molecular weight is 375 g/mol. The molecule has 0 radical (unpaired) electrons. The van der Waals surface area contributed by atoms with E-state index in [0.717, 1.165) is 23.6 Å². The van der Waals surface area contributed by atoms with E-state index in [9.17, 15) is 14.9 Å². The quantitative estimate of drug-likeness (QED) is 0.816. The number of hydrogen-bond acceptors (Lipinski definition) is 5. The maximum atomic E-state index is 13.8. The van der Waals surface area contributed by atoms with Crippen molar-refractivity contribution in [3.8, 4) is 6.07 Å². The molecule has 2 aromatic rings. The molecule has 4 atom stereocenters. The molecular formula is C22H21N3O3. The summed E-state index contributed by atoms with van der Waals surface area (Å²) in [5.41, 5.74) is -1.43. The molecule has 3 fully saturated rings. The minimum absolute atomic E-state index is 0.236. The van der Waals surface area contributed by atoms with E-state index in [2.05, 4.69) is 11.4 Å².